The number of anilines is 1. The predicted octanol–water partition coefficient (Wildman–Crippen LogP) is 2.11. The van der Waals surface area contributed by atoms with Gasteiger partial charge in [-0.1, -0.05) is 11.6 Å². The molecule has 0 spiro atoms. The minimum absolute atomic E-state index is 0.0221. The van der Waals surface area contributed by atoms with Crippen LogP contribution >= 0.6 is 11.6 Å². The molecule has 2 N–H and O–H groups in total. The number of hydrogen-bond acceptors (Lipinski definition) is 6. The third kappa shape index (κ3) is 3.82. The molecule has 1 aliphatic carbocycles. The summed E-state index contributed by atoms with van der Waals surface area (Å²) in [6.07, 6.45) is 2.73. The summed E-state index contributed by atoms with van der Waals surface area (Å²) in [4.78, 5) is 16.1. The average Bonchev–Trinajstić information content (AvgIpc) is 3.11. The van der Waals surface area contributed by atoms with Crippen molar-refractivity contribution in [2.24, 2.45) is 0 Å². The molecule has 1 unspecified atom stereocenters. The third-order valence-electron chi connectivity index (χ3n) is 5.15. The normalized spacial score (nSPS) is 21.1. The molecule has 2 heterocycles. The molecule has 1 fully saturated rings. The standard InChI is InChI=1S/C19H19ClFN3O5S/c20-12-4-5-17(13(21)9-12)30(27,28)24-6-7-29-19-15(24)8-11(10-22-19)18(26)23-14-2-1-3-16(14)25/h4-5,8-10,14,16,25H,1-3,6-7H2,(H,23,26)/t14?,16-/m0/s1. The fraction of sp³-hybridized carbons (Fsp3) is 0.368. The number of carbonyl (C=O) groups excluding carboxylic acids is 1. The zero-order chi connectivity index (χ0) is 21.5. The largest absolute Gasteiger partial charge is 0.474 e. The Hall–Kier alpha value is -2.43. The van der Waals surface area contributed by atoms with E-state index in [1.54, 1.807) is 0 Å². The second kappa shape index (κ2) is 8.01. The Labute approximate surface area is 177 Å². The van der Waals surface area contributed by atoms with Crippen molar-refractivity contribution >= 4 is 33.2 Å². The van der Waals surface area contributed by atoms with Crippen LogP contribution in [0.1, 0.15) is 29.6 Å². The second-order valence-corrected chi connectivity index (χ2v) is 9.39. The monoisotopic (exact) mass is 455 g/mol. The zero-order valence-electron chi connectivity index (χ0n) is 15.7. The lowest BCUT2D eigenvalue weighted by Gasteiger charge is -2.30. The molecule has 1 amide bonds. The summed E-state index contributed by atoms with van der Waals surface area (Å²) in [7, 11) is -4.29. The fourth-order valence-corrected chi connectivity index (χ4v) is 5.26. The van der Waals surface area contributed by atoms with Crippen molar-refractivity contribution in [3.05, 3.63) is 46.9 Å². The second-order valence-electron chi connectivity index (χ2n) is 7.13. The van der Waals surface area contributed by atoms with E-state index in [2.05, 4.69) is 10.3 Å². The van der Waals surface area contributed by atoms with Crippen LogP contribution in [0.4, 0.5) is 10.1 Å². The minimum Gasteiger partial charge on any atom is -0.474 e. The van der Waals surface area contributed by atoms with Gasteiger partial charge in [-0.25, -0.2) is 17.8 Å². The van der Waals surface area contributed by atoms with Crippen molar-refractivity contribution in [1.82, 2.24) is 10.3 Å². The van der Waals surface area contributed by atoms with Gasteiger partial charge in [0, 0.05) is 11.2 Å². The van der Waals surface area contributed by atoms with E-state index >= 15 is 0 Å². The summed E-state index contributed by atoms with van der Waals surface area (Å²) in [5.41, 5.74) is 0.144. The highest BCUT2D eigenvalue weighted by atomic mass is 35.5. The molecule has 0 radical (unpaired) electrons. The Bertz CT molecular complexity index is 1100. The summed E-state index contributed by atoms with van der Waals surface area (Å²) >= 11 is 5.73. The van der Waals surface area contributed by atoms with Crippen molar-refractivity contribution in [3.8, 4) is 5.88 Å². The summed E-state index contributed by atoms with van der Waals surface area (Å²) in [6.45, 7) is -0.0558. The Morgan fingerprint density at radius 2 is 2.13 bits per heavy atom. The van der Waals surface area contributed by atoms with Crippen LogP contribution in [0.5, 0.6) is 5.88 Å². The van der Waals surface area contributed by atoms with Gasteiger partial charge in [0.1, 0.15) is 23.0 Å². The van der Waals surface area contributed by atoms with E-state index in [1.807, 2.05) is 0 Å². The smallest absolute Gasteiger partial charge is 0.267 e. The van der Waals surface area contributed by atoms with Crippen LogP contribution in [0.25, 0.3) is 0 Å². The molecule has 1 aromatic carbocycles. The molecule has 0 saturated heterocycles. The average molecular weight is 456 g/mol. The molecule has 11 heteroatoms. The van der Waals surface area contributed by atoms with E-state index in [1.165, 1.54) is 18.3 Å². The van der Waals surface area contributed by atoms with Crippen LogP contribution in [0.15, 0.2) is 35.4 Å². The first-order valence-electron chi connectivity index (χ1n) is 9.37. The molecular weight excluding hydrogens is 437 g/mol. The van der Waals surface area contributed by atoms with Crippen LogP contribution in [0.3, 0.4) is 0 Å². The lowest BCUT2D eigenvalue weighted by atomic mass is 10.2. The van der Waals surface area contributed by atoms with Gasteiger partial charge in [0.2, 0.25) is 5.88 Å². The van der Waals surface area contributed by atoms with E-state index in [4.69, 9.17) is 16.3 Å². The topological polar surface area (TPSA) is 109 Å². The maximum absolute atomic E-state index is 14.3. The van der Waals surface area contributed by atoms with Crippen LogP contribution in [-0.4, -0.2) is 49.7 Å². The van der Waals surface area contributed by atoms with Crippen molar-refractivity contribution in [1.29, 1.82) is 0 Å². The number of halogens is 2. The van der Waals surface area contributed by atoms with Crippen LogP contribution < -0.4 is 14.4 Å². The number of aliphatic hydroxyl groups excluding tert-OH is 1. The number of aliphatic hydroxyl groups is 1. The Kier molecular flexibility index (Phi) is 5.56. The highest BCUT2D eigenvalue weighted by molar-refractivity contribution is 7.92. The number of sulfonamides is 1. The number of nitrogens with zero attached hydrogens (tertiary/aromatic N) is 2. The molecule has 1 saturated carbocycles. The summed E-state index contributed by atoms with van der Waals surface area (Å²) in [6, 6.07) is 4.27. The fourth-order valence-electron chi connectivity index (χ4n) is 3.61. The molecule has 1 aliphatic heterocycles. The molecule has 1 aromatic heterocycles. The SMILES string of the molecule is O=C(NC1CCC[C@@H]1O)c1cnc2c(c1)N(S(=O)(=O)c1ccc(Cl)cc1F)CCO2. The van der Waals surface area contributed by atoms with Gasteiger partial charge >= 0.3 is 0 Å². The van der Waals surface area contributed by atoms with E-state index in [9.17, 15) is 22.7 Å². The van der Waals surface area contributed by atoms with E-state index in [-0.39, 0.29) is 41.3 Å². The van der Waals surface area contributed by atoms with Crippen molar-refractivity contribution in [2.45, 2.75) is 36.3 Å². The van der Waals surface area contributed by atoms with Crippen molar-refractivity contribution in [2.75, 3.05) is 17.5 Å². The van der Waals surface area contributed by atoms with Crippen LogP contribution in [-0.2, 0) is 10.0 Å². The lowest BCUT2D eigenvalue weighted by Crippen LogP contribution is -2.41. The maximum Gasteiger partial charge on any atom is 0.267 e. The number of hydrogen-bond donors (Lipinski definition) is 2. The Morgan fingerprint density at radius 3 is 2.83 bits per heavy atom. The van der Waals surface area contributed by atoms with Gasteiger partial charge in [-0.05, 0) is 43.5 Å². The number of nitrogens with one attached hydrogen (secondary N) is 1. The quantitative estimate of drug-likeness (QED) is 0.730. The number of amides is 1. The van der Waals surface area contributed by atoms with Gasteiger partial charge in [0.05, 0.1) is 24.3 Å². The van der Waals surface area contributed by atoms with Gasteiger partial charge in [-0.3, -0.25) is 9.10 Å². The van der Waals surface area contributed by atoms with Crippen molar-refractivity contribution < 1.29 is 27.4 Å². The summed E-state index contributed by atoms with van der Waals surface area (Å²) in [5.74, 6) is -1.44. The third-order valence-corrected chi connectivity index (χ3v) is 7.24. The zero-order valence-corrected chi connectivity index (χ0v) is 17.3. The molecule has 4 rings (SSSR count). The lowest BCUT2D eigenvalue weighted by molar-refractivity contribution is 0.0872. The highest BCUT2D eigenvalue weighted by Crippen LogP contribution is 2.35. The van der Waals surface area contributed by atoms with E-state index in [0.29, 0.717) is 12.8 Å². The molecule has 160 valence electrons. The maximum atomic E-state index is 14.3. The van der Waals surface area contributed by atoms with Crippen LogP contribution in [0.2, 0.25) is 5.02 Å². The number of rotatable bonds is 4. The number of carbonyl (C=O) groups is 1. The minimum atomic E-state index is -4.29. The number of aromatic nitrogens is 1. The number of ether oxygens (including phenoxy) is 1. The molecule has 2 atom stereocenters. The van der Waals surface area contributed by atoms with E-state index in [0.717, 1.165) is 22.9 Å². The van der Waals surface area contributed by atoms with Gasteiger partial charge in [-0.15, -0.1) is 0 Å². The first-order chi connectivity index (χ1) is 14.3. The van der Waals surface area contributed by atoms with Gasteiger partial charge in [0.15, 0.2) is 0 Å². The molecular formula is C19H19ClFN3O5S. The molecule has 0 bridgehead atoms. The molecule has 8 nitrogen and oxygen atoms in total. The van der Waals surface area contributed by atoms with Gasteiger partial charge in [0.25, 0.3) is 15.9 Å². The Balaban J connectivity index is 1.67. The number of pyridine rings is 1. The predicted molar refractivity (Wildman–Crippen MR) is 107 cm³/mol. The molecule has 2 aromatic rings. The first kappa shape index (κ1) is 20.8. The van der Waals surface area contributed by atoms with Crippen molar-refractivity contribution in [3.63, 3.8) is 0 Å². The van der Waals surface area contributed by atoms with E-state index < -0.39 is 32.7 Å². The number of fused-ring (bicyclic) bond motifs is 1. The highest BCUT2D eigenvalue weighted by Gasteiger charge is 2.34. The summed E-state index contributed by atoms with van der Waals surface area (Å²) in [5, 5.41) is 12.7. The first-order valence-corrected chi connectivity index (χ1v) is 11.2. The molecule has 2 aliphatic rings. The van der Waals surface area contributed by atoms with Crippen LogP contribution in [0, 0.1) is 5.82 Å². The van der Waals surface area contributed by atoms with Gasteiger partial charge in [-0.2, -0.15) is 0 Å². The molecule has 30 heavy (non-hydrogen) atoms. The summed E-state index contributed by atoms with van der Waals surface area (Å²) < 4.78 is 46.9. The number of benzene rings is 1. The Morgan fingerprint density at radius 1 is 1.33 bits per heavy atom. The van der Waals surface area contributed by atoms with Gasteiger partial charge < -0.3 is 15.2 Å².